The highest BCUT2D eigenvalue weighted by molar-refractivity contribution is 6.31. The molecule has 0 unspecified atom stereocenters. The highest BCUT2D eigenvalue weighted by Crippen LogP contribution is 2.18. The van der Waals surface area contributed by atoms with Gasteiger partial charge in [0.05, 0.1) is 16.3 Å². The van der Waals surface area contributed by atoms with Gasteiger partial charge < -0.3 is 5.73 Å². The number of halogens is 1. The number of amides is 1. The molecular formula is C11H8ClN5O. The van der Waals surface area contributed by atoms with Crippen LogP contribution in [0.4, 0.5) is 0 Å². The lowest BCUT2D eigenvalue weighted by molar-refractivity contribution is 0.0994. The molecule has 0 saturated heterocycles. The lowest BCUT2D eigenvalue weighted by Gasteiger charge is -2.01. The zero-order valence-electron chi connectivity index (χ0n) is 9.14. The van der Waals surface area contributed by atoms with Crippen LogP contribution < -0.4 is 5.73 Å². The standard InChI is InChI=1S/C11H8ClN5O/c12-8-2-1-6(3-7(8)5-13)4-9-10(11(14)18)16-17-15-9/h1-3H,4H2,(H2,14,18)(H,15,16,17). The van der Waals surface area contributed by atoms with Crippen molar-refractivity contribution >= 4 is 17.5 Å². The van der Waals surface area contributed by atoms with Crippen molar-refractivity contribution in [3.8, 4) is 6.07 Å². The molecule has 3 N–H and O–H groups in total. The number of primary amides is 1. The Balaban J connectivity index is 2.32. The van der Waals surface area contributed by atoms with Crippen molar-refractivity contribution in [1.29, 1.82) is 5.26 Å². The molecule has 90 valence electrons. The molecule has 1 aromatic heterocycles. The van der Waals surface area contributed by atoms with Crippen molar-refractivity contribution in [1.82, 2.24) is 15.4 Å². The van der Waals surface area contributed by atoms with Gasteiger partial charge in [0.2, 0.25) is 0 Å². The Bertz CT molecular complexity index is 643. The number of nitrogens with one attached hydrogen (secondary N) is 1. The molecule has 0 spiro atoms. The van der Waals surface area contributed by atoms with Gasteiger partial charge in [-0.3, -0.25) is 4.79 Å². The fraction of sp³-hybridized carbons (Fsp3) is 0.0909. The maximum absolute atomic E-state index is 11.1. The van der Waals surface area contributed by atoms with Gasteiger partial charge in [0.25, 0.3) is 5.91 Å². The summed E-state index contributed by atoms with van der Waals surface area (Å²) >= 11 is 5.83. The van der Waals surface area contributed by atoms with Gasteiger partial charge in [0, 0.05) is 6.42 Å². The molecule has 1 aromatic carbocycles. The normalized spacial score (nSPS) is 10.0. The first-order valence-electron chi connectivity index (χ1n) is 4.99. The van der Waals surface area contributed by atoms with Gasteiger partial charge >= 0.3 is 0 Å². The number of aromatic amines is 1. The summed E-state index contributed by atoms with van der Waals surface area (Å²) in [7, 11) is 0. The van der Waals surface area contributed by atoms with Gasteiger partial charge in [-0.2, -0.15) is 20.7 Å². The third kappa shape index (κ3) is 2.31. The van der Waals surface area contributed by atoms with E-state index in [-0.39, 0.29) is 5.69 Å². The summed E-state index contributed by atoms with van der Waals surface area (Å²) in [5.41, 5.74) is 6.87. The van der Waals surface area contributed by atoms with Crippen LogP contribution in [0.25, 0.3) is 0 Å². The number of hydrogen-bond donors (Lipinski definition) is 2. The second kappa shape index (κ2) is 4.85. The van der Waals surface area contributed by atoms with Gasteiger partial charge in [0.15, 0.2) is 5.69 Å². The number of carbonyl (C=O) groups is 1. The van der Waals surface area contributed by atoms with Gasteiger partial charge in [-0.25, -0.2) is 0 Å². The Morgan fingerprint density at radius 1 is 1.50 bits per heavy atom. The fourth-order valence-electron chi connectivity index (χ4n) is 1.53. The molecule has 0 fully saturated rings. The summed E-state index contributed by atoms with van der Waals surface area (Å²) in [5.74, 6) is -0.645. The van der Waals surface area contributed by atoms with Gasteiger partial charge in [-0.05, 0) is 17.7 Å². The lowest BCUT2D eigenvalue weighted by Crippen LogP contribution is -2.14. The molecule has 18 heavy (non-hydrogen) atoms. The molecule has 0 atom stereocenters. The molecule has 1 heterocycles. The Morgan fingerprint density at radius 3 is 2.94 bits per heavy atom. The number of nitriles is 1. The zero-order valence-corrected chi connectivity index (χ0v) is 9.90. The first-order chi connectivity index (χ1) is 8.61. The molecule has 6 nitrogen and oxygen atoms in total. The average molecular weight is 262 g/mol. The number of carbonyl (C=O) groups excluding carboxylic acids is 1. The maximum atomic E-state index is 11.1. The smallest absolute Gasteiger partial charge is 0.271 e. The molecule has 0 aliphatic heterocycles. The van der Waals surface area contributed by atoms with E-state index in [9.17, 15) is 4.79 Å². The Kier molecular flexibility index (Phi) is 3.26. The molecule has 0 aliphatic carbocycles. The van der Waals surface area contributed by atoms with Crippen molar-refractivity contribution in [2.24, 2.45) is 5.73 Å². The molecular weight excluding hydrogens is 254 g/mol. The fourth-order valence-corrected chi connectivity index (χ4v) is 1.69. The second-order valence-electron chi connectivity index (χ2n) is 3.59. The van der Waals surface area contributed by atoms with Crippen LogP contribution in [0.1, 0.15) is 27.3 Å². The van der Waals surface area contributed by atoms with Crippen LogP contribution >= 0.6 is 11.6 Å². The summed E-state index contributed by atoms with van der Waals surface area (Å²) in [6.07, 6.45) is 0.348. The van der Waals surface area contributed by atoms with E-state index in [0.717, 1.165) is 5.56 Å². The molecule has 0 aliphatic rings. The third-order valence-corrected chi connectivity index (χ3v) is 2.71. The SMILES string of the molecule is N#Cc1cc(Cc2n[nH]nc2C(N)=O)ccc1Cl. The maximum Gasteiger partial charge on any atom is 0.271 e. The van der Waals surface area contributed by atoms with Crippen LogP contribution in [-0.2, 0) is 6.42 Å². The zero-order chi connectivity index (χ0) is 13.1. The van der Waals surface area contributed by atoms with Gasteiger partial charge in [-0.15, -0.1) is 0 Å². The molecule has 7 heteroatoms. The quantitative estimate of drug-likeness (QED) is 0.860. The summed E-state index contributed by atoms with van der Waals surface area (Å²) in [5, 5.41) is 19.1. The Morgan fingerprint density at radius 2 is 2.28 bits per heavy atom. The van der Waals surface area contributed by atoms with E-state index in [0.29, 0.717) is 22.7 Å². The summed E-state index contributed by atoms with van der Waals surface area (Å²) < 4.78 is 0. The van der Waals surface area contributed by atoms with Crippen molar-refractivity contribution in [2.45, 2.75) is 6.42 Å². The van der Waals surface area contributed by atoms with Crippen LogP contribution in [0, 0.1) is 11.3 Å². The van der Waals surface area contributed by atoms with E-state index < -0.39 is 5.91 Å². The van der Waals surface area contributed by atoms with Crippen LogP contribution in [0.3, 0.4) is 0 Å². The summed E-state index contributed by atoms with van der Waals surface area (Å²) in [4.78, 5) is 11.1. The van der Waals surface area contributed by atoms with Crippen molar-refractivity contribution in [2.75, 3.05) is 0 Å². The Labute approximate surface area is 107 Å². The van der Waals surface area contributed by atoms with E-state index in [1.807, 2.05) is 6.07 Å². The third-order valence-electron chi connectivity index (χ3n) is 2.38. The summed E-state index contributed by atoms with van der Waals surface area (Å²) in [6, 6.07) is 7.00. The number of aromatic nitrogens is 3. The second-order valence-corrected chi connectivity index (χ2v) is 3.99. The molecule has 0 saturated carbocycles. The number of rotatable bonds is 3. The van der Waals surface area contributed by atoms with E-state index >= 15 is 0 Å². The van der Waals surface area contributed by atoms with E-state index in [1.54, 1.807) is 18.2 Å². The summed E-state index contributed by atoms with van der Waals surface area (Å²) in [6.45, 7) is 0. The number of nitrogens with two attached hydrogens (primary N) is 1. The topological polar surface area (TPSA) is 108 Å². The van der Waals surface area contributed by atoms with Crippen LogP contribution in [-0.4, -0.2) is 21.3 Å². The van der Waals surface area contributed by atoms with Crippen molar-refractivity contribution in [3.63, 3.8) is 0 Å². The highest BCUT2D eigenvalue weighted by atomic mass is 35.5. The molecule has 0 bridgehead atoms. The van der Waals surface area contributed by atoms with Gasteiger partial charge in [-0.1, -0.05) is 17.7 Å². The Hall–Kier alpha value is -2.39. The number of hydrogen-bond acceptors (Lipinski definition) is 4. The average Bonchev–Trinajstić information content (AvgIpc) is 2.80. The highest BCUT2D eigenvalue weighted by Gasteiger charge is 2.14. The van der Waals surface area contributed by atoms with Crippen molar-refractivity contribution in [3.05, 3.63) is 45.7 Å². The minimum absolute atomic E-state index is 0.100. The van der Waals surface area contributed by atoms with E-state index in [1.165, 1.54) is 0 Å². The minimum Gasteiger partial charge on any atom is -0.364 e. The first kappa shape index (κ1) is 12.1. The molecule has 0 radical (unpaired) electrons. The van der Waals surface area contributed by atoms with E-state index in [4.69, 9.17) is 22.6 Å². The van der Waals surface area contributed by atoms with Crippen LogP contribution in [0.5, 0.6) is 0 Å². The van der Waals surface area contributed by atoms with Crippen LogP contribution in [0.15, 0.2) is 18.2 Å². The monoisotopic (exact) mass is 261 g/mol. The molecule has 2 aromatic rings. The largest absolute Gasteiger partial charge is 0.364 e. The van der Waals surface area contributed by atoms with E-state index in [2.05, 4.69) is 15.4 Å². The minimum atomic E-state index is -0.645. The van der Waals surface area contributed by atoms with Crippen LogP contribution in [0.2, 0.25) is 5.02 Å². The van der Waals surface area contributed by atoms with Gasteiger partial charge in [0.1, 0.15) is 6.07 Å². The molecule has 1 amide bonds. The lowest BCUT2D eigenvalue weighted by atomic mass is 10.1. The number of benzene rings is 1. The first-order valence-corrected chi connectivity index (χ1v) is 5.37. The van der Waals surface area contributed by atoms with Crippen molar-refractivity contribution < 1.29 is 4.79 Å². The predicted octanol–water partition coefficient (Wildman–Crippen LogP) is 1.02. The number of H-pyrrole nitrogens is 1. The molecule has 2 rings (SSSR count). The number of nitrogens with zero attached hydrogens (tertiary/aromatic N) is 3. The predicted molar refractivity (Wildman–Crippen MR) is 63.9 cm³/mol.